The van der Waals surface area contributed by atoms with E-state index in [-0.39, 0.29) is 12.4 Å². The van der Waals surface area contributed by atoms with Crippen molar-refractivity contribution in [2.45, 2.75) is 6.61 Å². The van der Waals surface area contributed by atoms with Gasteiger partial charge in [0, 0.05) is 23.7 Å². The van der Waals surface area contributed by atoms with E-state index in [1.807, 2.05) is 0 Å². The summed E-state index contributed by atoms with van der Waals surface area (Å²) < 4.78 is 24.9. The van der Waals surface area contributed by atoms with Crippen LogP contribution in [0.4, 0.5) is 15.0 Å². The quantitative estimate of drug-likeness (QED) is 0.690. The number of aromatic nitrogens is 2. The number of anilines is 1. The minimum Gasteiger partial charge on any atom is -0.496 e. The van der Waals surface area contributed by atoms with E-state index in [1.165, 1.54) is 16.8 Å². The van der Waals surface area contributed by atoms with Crippen LogP contribution in [0.5, 0.6) is 5.75 Å². The van der Waals surface area contributed by atoms with Crippen LogP contribution in [0.1, 0.15) is 5.56 Å². The van der Waals surface area contributed by atoms with Crippen molar-refractivity contribution in [2.24, 2.45) is 7.05 Å². The summed E-state index contributed by atoms with van der Waals surface area (Å²) in [5.41, 5.74) is 2.04. The Morgan fingerprint density at radius 2 is 1.96 bits per heavy atom. The Bertz CT molecular complexity index is 957. The molecule has 0 spiro atoms. The predicted octanol–water partition coefficient (Wildman–Crippen LogP) is 4.64. The molecule has 0 radical (unpaired) electrons. The standard InChI is InChI=1S/C19H17ClFN3O3/c1-24-18(22-19(25)27-11-12-3-6-14(21)7-4-12)10-16(23-24)15-8-5-13(20)9-17(15)26-2/h3-10H,11H2,1-2H3,(H,22,25). The number of amides is 1. The molecular weight excluding hydrogens is 373 g/mol. The number of carbonyl (C=O) groups excluding carboxylic acids is 1. The first kappa shape index (κ1) is 18.7. The van der Waals surface area contributed by atoms with Crippen LogP contribution >= 0.6 is 11.6 Å². The van der Waals surface area contributed by atoms with Gasteiger partial charge in [-0.25, -0.2) is 9.18 Å². The molecule has 0 saturated carbocycles. The molecule has 3 aromatic rings. The monoisotopic (exact) mass is 389 g/mol. The van der Waals surface area contributed by atoms with Gasteiger partial charge in [0.25, 0.3) is 0 Å². The Balaban J connectivity index is 1.69. The van der Waals surface area contributed by atoms with Gasteiger partial charge in [0.15, 0.2) is 0 Å². The van der Waals surface area contributed by atoms with Gasteiger partial charge < -0.3 is 9.47 Å². The number of hydrogen-bond acceptors (Lipinski definition) is 4. The number of methoxy groups -OCH3 is 1. The number of ether oxygens (including phenoxy) is 2. The molecule has 0 fully saturated rings. The average molecular weight is 390 g/mol. The third-order valence-electron chi connectivity index (χ3n) is 3.83. The van der Waals surface area contributed by atoms with Crippen LogP contribution < -0.4 is 10.1 Å². The van der Waals surface area contributed by atoms with Gasteiger partial charge in [0.1, 0.15) is 24.0 Å². The van der Waals surface area contributed by atoms with Crippen molar-refractivity contribution in [1.82, 2.24) is 9.78 Å². The molecule has 1 aromatic heterocycles. The summed E-state index contributed by atoms with van der Waals surface area (Å²) in [5.74, 6) is 0.681. The molecule has 2 aromatic carbocycles. The van der Waals surface area contributed by atoms with Crippen LogP contribution in [0, 0.1) is 5.82 Å². The fourth-order valence-corrected chi connectivity index (χ4v) is 2.62. The first-order valence-electron chi connectivity index (χ1n) is 8.02. The summed E-state index contributed by atoms with van der Waals surface area (Å²) in [6, 6.07) is 12.6. The zero-order chi connectivity index (χ0) is 19.4. The number of halogens is 2. The van der Waals surface area contributed by atoms with Crippen molar-refractivity contribution in [1.29, 1.82) is 0 Å². The Labute approximate surface area is 160 Å². The number of benzene rings is 2. The molecule has 6 nitrogen and oxygen atoms in total. The van der Waals surface area contributed by atoms with Gasteiger partial charge in [-0.1, -0.05) is 23.7 Å². The van der Waals surface area contributed by atoms with Crippen molar-refractivity contribution < 1.29 is 18.7 Å². The Kier molecular flexibility index (Phi) is 5.61. The lowest BCUT2D eigenvalue weighted by Gasteiger charge is -2.07. The average Bonchev–Trinajstić information content (AvgIpc) is 3.01. The molecule has 1 N–H and O–H groups in total. The first-order valence-corrected chi connectivity index (χ1v) is 8.40. The number of carbonyl (C=O) groups is 1. The molecular formula is C19H17ClFN3O3. The van der Waals surface area contributed by atoms with E-state index < -0.39 is 6.09 Å². The molecule has 0 atom stereocenters. The zero-order valence-electron chi connectivity index (χ0n) is 14.7. The van der Waals surface area contributed by atoms with E-state index in [2.05, 4.69) is 10.4 Å². The fourth-order valence-electron chi connectivity index (χ4n) is 2.46. The summed E-state index contributed by atoms with van der Waals surface area (Å²) >= 11 is 5.98. The molecule has 0 bridgehead atoms. The topological polar surface area (TPSA) is 65.4 Å². The smallest absolute Gasteiger partial charge is 0.413 e. The lowest BCUT2D eigenvalue weighted by molar-refractivity contribution is 0.155. The highest BCUT2D eigenvalue weighted by molar-refractivity contribution is 6.30. The number of nitrogens with one attached hydrogen (secondary N) is 1. The lowest BCUT2D eigenvalue weighted by Crippen LogP contribution is -2.15. The third kappa shape index (κ3) is 4.57. The largest absolute Gasteiger partial charge is 0.496 e. The highest BCUT2D eigenvalue weighted by atomic mass is 35.5. The molecule has 1 heterocycles. The molecule has 0 aliphatic carbocycles. The molecule has 0 aliphatic rings. The molecule has 3 rings (SSSR count). The van der Waals surface area contributed by atoms with Gasteiger partial charge in [-0.15, -0.1) is 0 Å². The van der Waals surface area contributed by atoms with Gasteiger partial charge in [0.2, 0.25) is 0 Å². The molecule has 1 amide bonds. The van der Waals surface area contributed by atoms with Crippen molar-refractivity contribution >= 4 is 23.5 Å². The van der Waals surface area contributed by atoms with Crippen LogP contribution in [0.3, 0.4) is 0 Å². The Morgan fingerprint density at radius 1 is 1.22 bits per heavy atom. The van der Waals surface area contributed by atoms with Gasteiger partial charge in [-0.2, -0.15) is 5.10 Å². The van der Waals surface area contributed by atoms with Crippen LogP contribution in [0.25, 0.3) is 11.3 Å². The SMILES string of the molecule is COc1cc(Cl)ccc1-c1cc(NC(=O)OCc2ccc(F)cc2)n(C)n1. The Morgan fingerprint density at radius 3 is 2.67 bits per heavy atom. The summed E-state index contributed by atoms with van der Waals surface area (Å²) in [6.07, 6.45) is -0.642. The van der Waals surface area contributed by atoms with Crippen molar-refractivity contribution in [3.63, 3.8) is 0 Å². The van der Waals surface area contributed by atoms with Gasteiger partial charge >= 0.3 is 6.09 Å². The molecule has 0 unspecified atom stereocenters. The summed E-state index contributed by atoms with van der Waals surface area (Å²) in [6.45, 7) is 0.0296. The highest BCUT2D eigenvalue weighted by Crippen LogP contribution is 2.32. The van der Waals surface area contributed by atoms with E-state index in [0.29, 0.717) is 27.8 Å². The van der Waals surface area contributed by atoms with E-state index in [0.717, 1.165) is 5.56 Å². The summed E-state index contributed by atoms with van der Waals surface area (Å²) in [5, 5.41) is 7.56. The lowest BCUT2D eigenvalue weighted by atomic mass is 10.1. The maximum absolute atomic E-state index is 12.9. The normalized spacial score (nSPS) is 10.5. The van der Waals surface area contributed by atoms with E-state index in [1.54, 1.807) is 50.6 Å². The second kappa shape index (κ2) is 8.09. The molecule has 0 saturated heterocycles. The second-order valence-corrected chi connectivity index (χ2v) is 6.15. The first-order chi connectivity index (χ1) is 13.0. The highest BCUT2D eigenvalue weighted by Gasteiger charge is 2.14. The van der Waals surface area contributed by atoms with Crippen LogP contribution in [-0.2, 0) is 18.4 Å². The fraction of sp³-hybridized carbons (Fsp3) is 0.158. The molecule has 0 aliphatic heterocycles. The van der Waals surface area contributed by atoms with Crippen molar-refractivity contribution in [3.8, 4) is 17.0 Å². The number of aryl methyl sites for hydroxylation is 1. The van der Waals surface area contributed by atoms with Crippen LogP contribution in [0.2, 0.25) is 5.02 Å². The number of hydrogen-bond donors (Lipinski definition) is 1. The third-order valence-corrected chi connectivity index (χ3v) is 4.07. The predicted molar refractivity (Wildman–Crippen MR) is 100 cm³/mol. The number of rotatable bonds is 5. The molecule has 27 heavy (non-hydrogen) atoms. The number of nitrogens with zero attached hydrogens (tertiary/aromatic N) is 2. The minimum atomic E-state index is -0.642. The van der Waals surface area contributed by atoms with E-state index in [9.17, 15) is 9.18 Å². The van der Waals surface area contributed by atoms with Crippen molar-refractivity contribution in [2.75, 3.05) is 12.4 Å². The summed E-state index contributed by atoms with van der Waals surface area (Å²) in [4.78, 5) is 12.0. The van der Waals surface area contributed by atoms with Gasteiger partial charge in [0.05, 0.1) is 12.8 Å². The maximum Gasteiger partial charge on any atom is 0.413 e. The van der Waals surface area contributed by atoms with Crippen LogP contribution in [0.15, 0.2) is 48.5 Å². The van der Waals surface area contributed by atoms with Gasteiger partial charge in [-0.3, -0.25) is 10.00 Å². The zero-order valence-corrected chi connectivity index (χ0v) is 15.5. The molecule has 140 valence electrons. The summed E-state index contributed by atoms with van der Waals surface area (Å²) in [7, 11) is 3.24. The Hall–Kier alpha value is -3.06. The van der Waals surface area contributed by atoms with Crippen molar-refractivity contribution in [3.05, 3.63) is 64.9 Å². The van der Waals surface area contributed by atoms with Crippen LogP contribution in [-0.4, -0.2) is 23.0 Å². The minimum absolute atomic E-state index is 0.0296. The molecule has 8 heteroatoms. The second-order valence-electron chi connectivity index (χ2n) is 5.71. The van der Waals surface area contributed by atoms with E-state index in [4.69, 9.17) is 21.1 Å². The van der Waals surface area contributed by atoms with E-state index >= 15 is 0 Å². The maximum atomic E-state index is 12.9. The van der Waals surface area contributed by atoms with Gasteiger partial charge in [-0.05, 0) is 35.9 Å².